The molecule has 1 heterocycles. The molecule has 2 rings (SSSR count). The molecule has 26 heavy (non-hydrogen) atoms. The van der Waals surface area contributed by atoms with Crippen LogP contribution in [0, 0.1) is 0 Å². The first kappa shape index (κ1) is 19.8. The lowest BCUT2D eigenvalue weighted by atomic mass is 9.86. The third kappa shape index (κ3) is 4.53. The number of hydrogen-bond donors (Lipinski definition) is 1. The molecule has 0 bridgehead atoms. The van der Waals surface area contributed by atoms with Gasteiger partial charge in [-0.05, 0) is 45.7 Å². The first-order valence-corrected chi connectivity index (χ1v) is 8.59. The van der Waals surface area contributed by atoms with Crippen LogP contribution in [0.5, 0.6) is 0 Å². The van der Waals surface area contributed by atoms with Crippen molar-refractivity contribution in [2.75, 3.05) is 18.6 Å². The molecule has 0 saturated heterocycles. The summed E-state index contributed by atoms with van der Waals surface area (Å²) in [7, 11) is 1.36. The number of fused-ring (bicyclic) bond motifs is 1. The van der Waals surface area contributed by atoms with Gasteiger partial charge >= 0.3 is 12.1 Å². The van der Waals surface area contributed by atoms with Crippen LogP contribution >= 0.6 is 0 Å². The molecule has 0 aliphatic carbocycles. The van der Waals surface area contributed by atoms with Crippen molar-refractivity contribution in [1.29, 1.82) is 0 Å². The first-order chi connectivity index (χ1) is 12.1. The Bertz CT molecular complexity index is 695. The van der Waals surface area contributed by atoms with Gasteiger partial charge in [0.25, 0.3) is 0 Å². The third-order valence-corrected chi connectivity index (χ3v) is 4.13. The van der Waals surface area contributed by atoms with E-state index in [1.165, 1.54) is 7.11 Å². The van der Waals surface area contributed by atoms with Crippen LogP contribution in [-0.2, 0) is 19.1 Å². The van der Waals surface area contributed by atoms with Crippen molar-refractivity contribution in [1.82, 2.24) is 5.32 Å². The second kappa shape index (κ2) is 7.76. The number of para-hydroxylation sites is 1. The Morgan fingerprint density at radius 1 is 1.23 bits per heavy atom. The van der Waals surface area contributed by atoms with Crippen LogP contribution in [0.3, 0.4) is 0 Å². The summed E-state index contributed by atoms with van der Waals surface area (Å²) < 4.78 is 10.1. The monoisotopic (exact) mass is 362 g/mol. The fourth-order valence-electron chi connectivity index (χ4n) is 3.11. The van der Waals surface area contributed by atoms with E-state index in [9.17, 15) is 14.4 Å². The minimum absolute atomic E-state index is 0.184. The number of ether oxygens (including phenoxy) is 2. The van der Waals surface area contributed by atoms with Gasteiger partial charge in [-0.3, -0.25) is 9.59 Å². The SMILES string of the molecule is COC(=O)C1CC(C)N(C(=O)CNC(=O)OC(C)(C)C)c2ccccc21. The summed E-state index contributed by atoms with van der Waals surface area (Å²) in [5.41, 5.74) is 0.784. The zero-order valence-corrected chi connectivity index (χ0v) is 15.9. The van der Waals surface area contributed by atoms with Crippen LogP contribution in [-0.4, -0.2) is 43.3 Å². The Labute approximate surface area is 153 Å². The molecule has 1 aromatic rings. The number of methoxy groups -OCH3 is 1. The Kier molecular flexibility index (Phi) is 5.90. The summed E-state index contributed by atoms with van der Waals surface area (Å²) in [6.45, 7) is 6.95. The number of esters is 1. The molecule has 0 saturated carbocycles. The number of nitrogens with zero attached hydrogens (tertiary/aromatic N) is 1. The highest BCUT2D eigenvalue weighted by Gasteiger charge is 2.37. The summed E-state index contributed by atoms with van der Waals surface area (Å²) in [6, 6.07) is 7.05. The van der Waals surface area contributed by atoms with E-state index in [0.29, 0.717) is 12.1 Å². The highest BCUT2D eigenvalue weighted by molar-refractivity contribution is 5.99. The van der Waals surface area contributed by atoms with E-state index in [1.807, 2.05) is 25.1 Å². The van der Waals surface area contributed by atoms with E-state index < -0.39 is 17.6 Å². The van der Waals surface area contributed by atoms with E-state index in [4.69, 9.17) is 9.47 Å². The van der Waals surface area contributed by atoms with E-state index in [-0.39, 0.29) is 24.5 Å². The molecule has 1 aliphatic heterocycles. The number of alkyl carbamates (subject to hydrolysis) is 1. The molecule has 2 amide bonds. The lowest BCUT2D eigenvalue weighted by molar-refractivity contribution is -0.143. The van der Waals surface area contributed by atoms with Crippen LogP contribution in [0.4, 0.5) is 10.5 Å². The maximum atomic E-state index is 12.7. The maximum Gasteiger partial charge on any atom is 0.408 e. The second-order valence-corrected chi connectivity index (χ2v) is 7.34. The molecule has 1 aromatic carbocycles. The molecule has 0 spiro atoms. The van der Waals surface area contributed by atoms with Gasteiger partial charge in [-0.15, -0.1) is 0 Å². The lowest BCUT2D eigenvalue weighted by Crippen LogP contribution is -2.49. The summed E-state index contributed by atoms with van der Waals surface area (Å²) in [6.07, 6.45) is -0.182. The topological polar surface area (TPSA) is 84.9 Å². The predicted octanol–water partition coefficient (Wildman–Crippen LogP) is 2.59. The van der Waals surface area contributed by atoms with Gasteiger partial charge in [0.15, 0.2) is 0 Å². The van der Waals surface area contributed by atoms with Gasteiger partial charge in [0.1, 0.15) is 12.1 Å². The molecule has 7 heteroatoms. The van der Waals surface area contributed by atoms with Gasteiger partial charge in [0.05, 0.1) is 13.0 Å². The normalized spacial score (nSPS) is 19.3. The number of carbonyl (C=O) groups is 3. The Hall–Kier alpha value is -2.57. The number of carbonyl (C=O) groups excluding carboxylic acids is 3. The van der Waals surface area contributed by atoms with E-state index in [0.717, 1.165) is 5.56 Å². The van der Waals surface area contributed by atoms with Gasteiger partial charge in [-0.1, -0.05) is 18.2 Å². The number of nitrogens with one attached hydrogen (secondary N) is 1. The van der Waals surface area contributed by atoms with Gasteiger partial charge in [0.2, 0.25) is 5.91 Å². The molecule has 0 fully saturated rings. The predicted molar refractivity (Wildman–Crippen MR) is 97.0 cm³/mol. The van der Waals surface area contributed by atoms with Crippen LogP contribution in [0.1, 0.15) is 45.6 Å². The Balaban J connectivity index is 2.16. The van der Waals surface area contributed by atoms with E-state index >= 15 is 0 Å². The quantitative estimate of drug-likeness (QED) is 0.836. The molecular formula is C19H26N2O5. The van der Waals surface area contributed by atoms with Gasteiger partial charge in [-0.2, -0.15) is 0 Å². The highest BCUT2D eigenvalue weighted by Crippen LogP contribution is 2.38. The molecule has 2 unspecified atom stereocenters. The van der Waals surface area contributed by atoms with Gasteiger partial charge in [-0.25, -0.2) is 4.79 Å². The minimum atomic E-state index is -0.642. The van der Waals surface area contributed by atoms with Crippen LogP contribution < -0.4 is 10.2 Å². The van der Waals surface area contributed by atoms with Crippen molar-refractivity contribution in [2.45, 2.75) is 51.7 Å². The van der Waals surface area contributed by atoms with Crippen molar-refractivity contribution in [3.63, 3.8) is 0 Å². The Morgan fingerprint density at radius 3 is 2.50 bits per heavy atom. The third-order valence-electron chi connectivity index (χ3n) is 4.13. The summed E-state index contributed by atoms with van der Waals surface area (Å²) in [4.78, 5) is 38.2. The first-order valence-electron chi connectivity index (χ1n) is 8.59. The largest absolute Gasteiger partial charge is 0.469 e. The minimum Gasteiger partial charge on any atom is -0.469 e. The zero-order chi connectivity index (χ0) is 19.5. The number of hydrogen-bond acceptors (Lipinski definition) is 5. The number of benzene rings is 1. The van der Waals surface area contributed by atoms with Crippen LogP contribution in [0.25, 0.3) is 0 Å². The summed E-state index contributed by atoms with van der Waals surface area (Å²) in [5.74, 6) is -0.989. The van der Waals surface area contributed by atoms with Gasteiger partial charge < -0.3 is 19.7 Å². The molecule has 1 aliphatic rings. The highest BCUT2D eigenvalue weighted by atomic mass is 16.6. The number of anilines is 1. The average Bonchev–Trinajstić information content (AvgIpc) is 2.56. The standard InChI is InChI=1S/C19H26N2O5/c1-12-10-14(17(23)25-5)13-8-6-7-9-15(13)21(12)16(22)11-20-18(24)26-19(2,3)4/h6-9,12,14H,10-11H2,1-5H3,(H,20,24). The zero-order valence-electron chi connectivity index (χ0n) is 15.9. The Morgan fingerprint density at radius 2 is 1.88 bits per heavy atom. The average molecular weight is 362 g/mol. The molecule has 1 N–H and O–H groups in total. The summed E-state index contributed by atoms with van der Waals surface area (Å²) >= 11 is 0. The van der Waals surface area contributed by atoms with Crippen LogP contribution in [0.15, 0.2) is 24.3 Å². The molecule has 142 valence electrons. The lowest BCUT2D eigenvalue weighted by Gasteiger charge is -2.38. The van der Waals surface area contributed by atoms with Crippen molar-refractivity contribution in [3.8, 4) is 0 Å². The maximum absolute atomic E-state index is 12.7. The number of amides is 2. The fraction of sp³-hybridized carbons (Fsp3) is 0.526. The van der Waals surface area contributed by atoms with Crippen molar-refractivity contribution < 1.29 is 23.9 Å². The van der Waals surface area contributed by atoms with Gasteiger partial charge in [0, 0.05) is 11.7 Å². The molecule has 0 aromatic heterocycles. The molecule has 2 atom stereocenters. The smallest absolute Gasteiger partial charge is 0.408 e. The number of rotatable bonds is 3. The van der Waals surface area contributed by atoms with Crippen molar-refractivity contribution in [2.24, 2.45) is 0 Å². The summed E-state index contributed by atoms with van der Waals surface area (Å²) in [5, 5.41) is 2.49. The molecule has 0 radical (unpaired) electrons. The molecule has 7 nitrogen and oxygen atoms in total. The van der Waals surface area contributed by atoms with E-state index in [1.54, 1.807) is 31.7 Å². The second-order valence-electron chi connectivity index (χ2n) is 7.34. The van der Waals surface area contributed by atoms with Crippen molar-refractivity contribution >= 4 is 23.7 Å². The fourth-order valence-corrected chi connectivity index (χ4v) is 3.11. The molecular weight excluding hydrogens is 336 g/mol. The van der Waals surface area contributed by atoms with Crippen molar-refractivity contribution in [3.05, 3.63) is 29.8 Å². The van der Waals surface area contributed by atoms with E-state index in [2.05, 4.69) is 5.32 Å². The van der Waals surface area contributed by atoms with Crippen LogP contribution in [0.2, 0.25) is 0 Å².